The fourth-order valence-electron chi connectivity index (χ4n) is 4.55. The fourth-order valence-corrected chi connectivity index (χ4v) is 5.30. The zero-order valence-corrected chi connectivity index (χ0v) is 19.4. The SMILES string of the molecule is O=C1CSc2ccc(CNC[C@H]3CN(CCn4c(=O)ccc5ccc(F)cc54)C[C@@H]3O)nc2N1. The van der Waals surface area contributed by atoms with Crippen LogP contribution in [0.4, 0.5) is 10.2 Å². The van der Waals surface area contributed by atoms with Crippen molar-refractivity contribution in [2.75, 3.05) is 37.2 Å². The predicted octanol–water partition coefficient (Wildman–Crippen LogP) is 1.66. The molecule has 2 aliphatic rings. The van der Waals surface area contributed by atoms with Gasteiger partial charge in [-0.15, -0.1) is 11.8 Å². The van der Waals surface area contributed by atoms with Crippen molar-refractivity contribution in [2.45, 2.75) is 24.1 Å². The van der Waals surface area contributed by atoms with Crippen LogP contribution in [-0.2, 0) is 17.9 Å². The monoisotopic (exact) mass is 483 g/mol. The van der Waals surface area contributed by atoms with Gasteiger partial charge in [0.2, 0.25) is 5.91 Å². The van der Waals surface area contributed by atoms with E-state index >= 15 is 0 Å². The summed E-state index contributed by atoms with van der Waals surface area (Å²) in [6.45, 7) is 3.40. The maximum Gasteiger partial charge on any atom is 0.251 e. The van der Waals surface area contributed by atoms with Crippen LogP contribution in [-0.4, -0.2) is 63.5 Å². The molecule has 34 heavy (non-hydrogen) atoms. The van der Waals surface area contributed by atoms with Gasteiger partial charge in [-0.25, -0.2) is 9.37 Å². The Morgan fingerprint density at radius 3 is 2.88 bits per heavy atom. The standard InChI is InChI=1S/C24H26FN5O3S/c25-17-3-1-15-2-6-23(33)30(19(15)9-17)8-7-29-12-16(20(31)13-29)10-26-11-18-4-5-21-24(27-18)28-22(32)14-34-21/h1-6,9,16,20,26,31H,7-8,10-14H2,(H,27,28,32)/t16-,20-/m0/s1. The molecule has 0 aliphatic carbocycles. The number of aliphatic hydroxyl groups excluding tert-OH is 1. The quantitative estimate of drug-likeness (QED) is 0.470. The molecule has 1 aromatic carbocycles. The second-order valence-electron chi connectivity index (χ2n) is 8.73. The van der Waals surface area contributed by atoms with Gasteiger partial charge in [-0.3, -0.25) is 14.5 Å². The number of likely N-dealkylation sites (tertiary alicyclic amines) is 1. The zero-order chi connectivity index (χ0) is 23.7. The Hall–Kier alpha value is -2.79. The molecule has 1 saturated heterocycles. The van der Waals surface area contributed by atoms with Crippen LogP contribution in [0.5, 0.6) is 0 Å². The lowest BCUT2D eigenvalue weighted by atomic mass is 10.1. The minimum Gasteiger partial charge on any atom is -0.391 e. The lowest BCUT2D eigenvalue weighted by Crippen LogP contribution is -2.31. The molecule has 5 rings (SSSR count). The number of nitrogens with zero attached hydrogens (tertiary/aromatic N) is 3. The third-order valence-electron chi connectivity index (χ3n) is 6.32. The van der Waals surface area contributed by atoms with Gasteiger partial charge in [-0.2, -0.15) is 0 Å². The topological polar surface area (TPSA) is 99.5 Å². The van der Waals surface area contributed by atoms with Gasteiger partial charge in [0.1, 0.15) is 11.6 Å². The van der Waals surface area contributed by atoms with E-state index in [-0.39, 0.29) is 23.2 Å². The highest BCUT2D eigenvalue weighted by Gasteiger charge is 2.30. The summed E-state index contributed by atoms with van der Waals surface area (Å²) in [7, 11) is 0. The van der Waals surface area contributed by atoms with Crippen molar-refractivity contribution in [1.29, 1.82) is 0 Å². The number of pyridine rings is 2. The highest BCUT2D eigenvalue weighted by atomic mass is 32.2. The molecule has 1 fully saturated rings. The number of nitrogens with one attached hydrogen (secondary N) is 2. The first kappa shape index (κ1) is 23.0. The molecule has 3 N–H and O–H groups in total. The number of benzene rings is 1. The van der Waals surface area contributed by atoms with Gasteiger partial charge in [0.05, 0.1) is 28.0 Å². The van der Waals surface area contributed by atoms with Crippen molar-refractivity contribution in [3.05, 3.63) is 64.3 Å². The van der Waals surface area contributed by atoms with Crippen molar-refractivity contribution in [1.82, 2.24) is 19.8 Å². The molecule has 10 heteroatoms. The number of aliphatic hydroxyl groups is 1. The molecule has 0 bridgehead atoms. The molecule has 2 aliphatic heterocycles. The molecule has 1 amide bonds. The molecular formula is C24H26FN5O3S. The van der Waals surface area contributed by atoms with Crippen LogP contribution in [0.25, 0.3) is 10.9 Å². The van der Waals surface area contributed by atoms with Gasteiger partial charge in [0.15, 0.2) is 0 Å². The molecule has 8 nitrogen and oxygen atoms in total. The zero-order valence-electron chi connectivity index (χ0n) is 18.5. The van der Waals surface area contributed by atoms with Crippen LogP contribution in [0.3, 0.4) is 0 Å². The van der Waals surface area contributed by atoms with Crippen molar-refractivity contribution >= 4 is 34.4 Å². The number of β-amino-alcohol motifs (C(OH)–C–C–N with tert-alkyl or cyclic N) is 1. The highest BCUT2D eigenvalue weighted by Crippen LogP contribution is 2.29. The van der Waals surface area contributed by atoms with E-state index in [1.54, 1.807) is 16.7 Å². The number of aromatic nitrogens is 2. The molecule has 2 atom stereocenters. The number of carbonyl (C=O) groups is 1. The minimum atomic E-state index is -0.471. The second-order valence-corrected chi connectivity index (χ2v) is 9.75. The van der Waals surface area contributed by atoms with Crippen molar-refractivity contribution in [2.24, 2.45) is 5.92 Å². The average Bonchev–Trinajstić information content (AvgIpc) is 3.17. The summed E-state index contributed by atoms with van der Waals surface area (Å²) in [5, 5.41) is 17.5. The Morgan fingerprint density at radius 2 is 2.00 bits per heavy atom. The van der Waals surface area contributed by atoms with Gasteiger partial charge in [0, 0.05) is 51.3 Å². The van der Waals surface area contributed by atoms with E-state index in [0.29, 0.717) is 56.4 Å². The third kappa shape index (κ3) is 5.00. The number of halogens is 1. The number of fused-ring (bicyclic) bond motifs is 2. The van der Waals surface area contributed by atoms with Gasteiger partial charge in [-0.1, -0.05) is 0 Å². The van der Waals surface area contributed by atoms with Crippen LogP contribution < -0.4 is 16.2 Å². The summed E-state index contributed by atoms with van der Waals surface area (Å²) in [5.41, 5.74) is 1.24. The van der Waals surface area contributed by atoms with Crippen LogP contribution in [0.2, 0.25) is 0 Å². The largest absolute Gasteiger partial charge is 0.391 e. The van der Waals surface area contributed by atoms with E-state index in [4.69, 9.17) is 0 Å². The Labute approximate surface area is 200 Å². The molecule has 0 spiro atoms. The van der Waals surface area contributed by atoms with E-state index in [9.17, 15) is 19.1 Å². The molecule has 4 heterocycles. The molecule has 0 unspecified atom stereocenters. The van der Waals surface area contributed by atoms with E-state index < -0.39 is 6.10 Å². The number of amides is 1. The number of hydrogen-bond donors (Lipinski definition) is 3. The average molecular weight is 484 g/mol. The van der Waals surface area contributed by atoms with Crippen LogP contribution in [0, 0.1) is 11.7 Å². The van der Waals surface area contributed by atoms with Gasteiger partial charge in [0.25, 0.3) is 5.56 Å². The number of rotatable bonds is 7. The maximum absolute atomic E-state index is 13.7. The lowest BCUT2D eigenvalue weighted by molar-refractivity contribution is -0.113. The Kier molecular flexibility index (Phi) is 6.64. The van der Waals surface area contributed by atoms with Gasteiger partial charge >= 0.3 is 0 Å². The van der Waals surface area contributed by atoms with Gasteiger partial charge in [-0.05, 0) is 41.8 Å². The first-order chi connectivity index (χ1) is 16.5. The van der Waals surface area contributed by atoms with E-state index in [2.05, 4.69) is 20.5 Å². The molecular weight excluding hydrogens is 457 g/mol. The van der Waals surface area contributed by atoms with Crippen LogP contribution in [0.15, 0.2) is 52.2 Å². The molecule has 3 aromatic rings. The predicted molar refractivity (Wildman–Crippen MR) is 129 cm³/mol. The summed E-state index contributed by atoms with van der Waals surface area (Å²) in [6.07, 6.45) is -0.471. The maximum atomic E-state index is 13.7. The van der Waals surface area contributed by atoms with Crippen molar-refractivity contribution in [3.63, 3.8) is 0 Å². The molecule has 0 saturated carbocycles. The molecule has 178 valence electrons. The van der Waals surface area contributed by atoms with Crippen LogP contribution in [0.1, 0.15) is 5.69 Å². The summed E-state index contributed by atoms with van der Waals surface area (Å²) >= 11 is 1.48. The summed E-state index contributed by atoms with van der Waals surface area (Å²) in [4.78, 5) is 31.6. The second kappa shape index (κ2) is 9.83. The van der Waals surface area contributed by atoms with Gasteiger partial charge < -0.3 is 20.3 Å². The number of hydrogen-bond acceptors (Lipinski definition) is 7. The first-order valence-corrected chi connectivity index (χ1v) is 12.3. The minimum absolute atomic E-state index is 0.0415. The highest BCUT2D eigenvalue weighted by molar-refractivity contribution is 8.00. The number of thioether (sulfide) groups is 1. The van der Waals surface area contributed by atoms with Crippen LogP contribution >= 0.6 is 11.8 Å². The normalized spacial score (nSPS) is 20.5. The summed E-state index contributed by atoms with van der Waals surface area (Å²) in [6, 6.07) is 11.6. The van der Waals surface area contributed by atoms with Crippen molar-refractivity contribution in [3.8, 4) is 0 Å². The smallest absolute Gasteiger partial charge is 0.251 e. The Bertz CT molecular complexity index is 1280. The van der Waals surface area contributed by atoms with E-state index in [0.717, 1.165) is 16.0 Å². The molecule has 0 radical (unpaired) electrons. The lowest BCUT2D eigenvalue weighted by Gasteiger charge is -2.18. The fraction of sp³-hybridized carbons (Fsp3) is 0.375. The third-order valence-corrected chi connectivity index (χ3v) is 7.37. The van der Waals surface area contributed by atoms with E-state index in [1.807, 2.05) is 12.1 Å². The van der Waals surface area contributed by atoms with Crippen molar-refractivity contribution < 1.29 is 14.3 Å². The first-order valence-electron chi connectivity index (χ1n) is 11.3. The Balaban J connectivity index is 1.15. The van der Waals surface area contributed by atoms with E-state index in [1.165, 1.54) is 30.0 Å². The molecule has 2 aromatic heterocycles. The number of anilines is 1. The summed E-state index contributed by atoms with van der Waals surface area (Å²) in [5.74, 6) is 0.657. The number of carbonyl (C=O) groups excluding carboxylic acids is 1. The Morgan fingerprint density at radius 1 is 1.15 bits per heavy atom. The summed E-state index contributed by atoms with van der Waals surface area (Å²) < 4.78 is 15.3.